The molecule has 0 fully saturated rings. The van der Waals surface area contributed by atoms with Crippen LogP contribution in [0, 0.1) is 0 Å². The van der Waals surface area contributed by atoms with Crippen LogP contribution < -0.4 is 20.7 Å². The summed E-state index contributed by atoms with van der Waals surface area (Å²) in [6.45, 7) is 0. The largest absolute Gasteiger partial charge is 0.573 e. The van der Waals surface area contributed by atoms with Crippen molar-refractivity contribution in [3.8, 4) is 5.75 Å². The van der Waals surface area contributed by atoms with Crippen LogP contribution in [0.3, 0.4) is 0 Å². The van der Waals surface area contributed by atoms with Gasteiger partial charge in [-0.1, -0.05) is 48.5 Å². The molecule has 0 amide bonds. The molecule has 5 rings (SSSR count). The highest BCUT2D eigenvalue weighted by Crippen LogP contribution is 2.38. The lowest BCUT2D eigenvalue weighted by molar-refractivity contribution is -0.274. The molecule has 0 aliphatic rings. The minimum Gasteiger partial charge on any atom is -0.406 e. The average molecular weight is 424 g/mol. The first-order chi connectivity index (χ1) is 14.5. The van der Waals surface area contributed by atoms with Gasteiger partial charge in [0.1, 0.15) is 5.75 Å². The van der Waals surface area contributed by atoms with E-state index in [1.807, 2.05) is 48.8 Å². The lowest BCUT2D eigenvalue weighted by Gasteiger charge is -2.18. The van der Waals surface area contributed by atoms with Crippen molar-refractivity contribution in [3.05, 3.63) is 85.2 Å². The molecule has 0 unspecified atom stereocenters. The number of hydrogen-bond acceptors (Lipinski definition) is 1. The standard InChI is InChI=1S/C23H16F3N2OP/c24-23(25,26)29-15-9-11-16(12-10-15)30(21-13-27-19-7-3-1-5-17(19)21)22-14-28-20-8-4-2-6-18(20)22/h1-14,27-28H. The van der Waals surface area contributed by atoms with Gasteiger partial charge in [-0.3, -0.25) is 0 Å². The summed E-state index contributed by atoms with van der Waals surface area (Å²) in [4.78, 5) is 6.65. The van der Waals surface area contributed by atoms with Gasteiger partial charge in [0.15, 0.2) is 0 Å². The number of rotatable bonds is 4. The predicted octanol–water partition coefficient (Wildman–Crippen LogP) is 5.31. The number of para-hydroxylation sites is 2. The smallest absolute Gasteiger partial charge is 0.406 e. The Balaban J connectivity index is 1.67. The van der Waals surface area contributed by atoms with E-state index in [1.165, 1.54) is 12.1 Å². The fourth-order valence-electron chi connectivity index (χ4n) is 3.69. The van der Waals surface area contributed by atoms with Crippen molar-refractivity contribution >= 4 is 45.6 Å². The first-order valence-corrected chi connectivity index (χ1v) is 10.6. The molecule has 3 aromatic carbocycles. The summed E-state index contributed by atoms with van der Waals surface area (Å²) >= 11 is 0. The third kappa shape index (κ3) is 3.44. The number of benzene rings is 3. The molecule has 150 valence electrons. The zero-order chi connectivity index (χ0) is 20.7. The predicted molar refractivity (Wildman–Crippen MR) is 116 cm³/mol. The minimum absolute atomic E-state index is 0.223. The summed E-state index contributed by atoms with van der Waals surface area (Å²) < 4.78 is 41.8. The summed E-state index contributed by atoms with van der Waals surface area (Å²) in [5.74, 6) is -0.223. The van der Waals surface area contributed by atoms with E-state index in [9.17, 15) is 13.2 Å². The Hall–Kier alpha value is -3.24. The molecule has 3 nitrogen and oxygen atoms in total. The quantitative estimate of drug-likeness (QED) is 0.378. The van der Waals surface area contributed by atoms with E-state index in [0.29, 0.717) is 0 Å². The second kappa shape index (κ2) is 7.22. The minimum atomic E-state index is -4.71. The molecule has 7 heteroatoms. The number of nitrogens with one attached hydrogen (secondary N) is 2. The van der Waals surface area contributed by atoms with E-state index in [4.69, 9.17) is 0 Å². The molecule has 2 N–H and O–H groups in total. The topological polar surface area (TPSA) is 40.8 Å². The van der Waals surface area contributed by atoms with Crippen LogP contribution in [0.5, 0.6) is 5.75 Å². The van der Waals surface area contributed by atoms with Gasteiger partial charge in [0.25, 0.3) is 0 Å². The van der Waals surface area contributed by atoms with Crippen LogP contribution in [0.4, 0.5) is 13.2 Å². The van der Waals surface area contributed by atoms with Gasteiger partial charge >= 0.3 is 6.36 Å². The first kappa shape index (κ1) is 18.8. The second-order valence-electron chi connectivity index (χ2n) is 6.82. The Bertz CT molecular complexity index is 1250. The van der Waals surface area contributed by atoms with E-state index in [0.717, 1.165) is 37.7 Å². The number of aromatic nitrogens is 2. The Labute approximate surface area is 171 Å². The SMILES string of the molecule is FC(F)(F)Oc1ccc(P(c2c[nH]c3ccccc23)c2c[nH]c3ccccc23)cc1. The number of ether oxygens (including phenoxy) is 1. The Morgan fingerprint density at radius 3 is 1.67 bits per heavy atom. The molecular formula is C23H16F3N2OP. The Kier molecular flexibility index (Phi) is 4.52. The average Bonchev–Trinajstić information content (AvgIpc) is 3.34. The fraction of sp³-hybridized carbons (Fsp3) is 0.0435. The van der Waals surface area contributed by atoms with E-state index in [1.54, 1.807) is 12.1 Å². The Morgan fingerprint density at radius 1 is 0.667 bits per heavy atom. The van der Waals surface area contributed by atoms with Gasteiger partial charge in [0, 0.05) is 44.8 Å². The summed E-state index contributed by atoms with van der Waals surface area (Å²) in [5.41, 5.74) is 2.05. The van der Waals surface area contributed by atoms with Gasteiger partial charge in [-0.05, 0) is 37.5 Å². The number of fused-ring (bicyclic) bond motifs is 2. The molecular weight excluding hydrogens is 408 g/mol. The zero-order valence-corrected chi connectivity index (χ0v) is 16.5. The highest BCUT2D eigenvalue weighted by molar-refractivity contribution is 7.80. The van der Waals surface area contributed by atoms with Crippen LogP contribution in [0.25, 0.3) is 21.8 Å². The van der Waals surface area contributed by atoms with Crippen LogP contribution in [-0.2, 0) is 0 Å². The summed E-state index contributed by atoms with van der Waals surface area (Å²) in [6.07, 6.45) is -0.712. The summed E-state index contributed by atoms with van der Waals surface area (Å²) in [7, 11) is -1.02. The van der Waals surface area contributed by atoms with Crippen LogP contribution in [0.2, 0.25) is 0 Å². The van der Waals surface area contributed by atoms with Gasteiger partial charge in [-0.25, -0.2) is 0 Å². The zero-order valence-electron chi connectivity index (χ0n) is 15.6. The highest BCUT2D eigenvalue weighted by atomic mass is 31.1. The molecule has 0 radical (unpaired) electrons. The van der Waals surface area contributed by atoms with E-state index < -0.39 is 14.3 Å². The second-order valence-corrected chi connectivity index (χ2v) is 8.97. The van der Waals surface area contributed by atoms with Crippen molar-refractivity contribution < 1.29 is 17.9 Å². The van der Waals surface area contributed by atoms with Gasteiger partial charge in [0.2, 0.25) is 0 Å². The summed E-state index contributed by atoms with van der Waals surface area (Å²) in [6, 6.07) is 22.3. The van der Waals surface area contributed by atoms with Crippen molar-refractivity contribution in [2.75, 3.05) is 0 Å². The third-order valence-corrected chi connectivity index (χ3v) is 7.46. The number of alkyl halides is 3. The maximum absolute atomic E-state index is 12.6. The van der Waals surface area contributed by atoms with E-state index >= 15 is 0 Å². The lowest BCUT2D eigenvalue weighted by Crippen LogP contribution is -2.21. The molecule has 2 heterocycles. The maximum Gasteiger partial charge on any atom is 0.573 e. The number of halogens is 3. The van der Waals surface area contributed by atoms with Crippen LogP contribution in [0.1, 0.15) is 0 Å². The Morgan fingerprint density at radius 2 is 1.17 bits per heavy atom. The highest BCUT2D eigenvalue weighted by Gasteiger charge is 2.31. The monoisotopic (exact) mass is 424 g/mol. The van der Waals surface area contributed by atoms with Crippen molar-refractivity contribution in [2.24, 2.45) is 0 Å². The molecule has 2 aromatic heterocycles. The molecule has 0 bridgehead atoms. The van der Waals surface area contributed by atoms with Gasteiger partial charge in [0.05, 0.1) is 0 Å². The molecule has 0 aliphatic carbocycles. The molecule has 0 saturated carbocycles. The van der Waals surface area contributed by atoms with Crippen molar-refractivity contribution in [2.45, 2.75) is 6.36 Å². The maximum atomic E-state index is 12.6. The first-order valence-electron chi connectivity index (χ1n) is 9.28. The molecule has 5 aromatic rings. The van der Waals surface area contributed by atoms with Crippen molar-refractivity contribution in [3.63, 3.8) is 0 Å². The normalized spacial score (nSPS) is 12.1. The third-order valence-electron chi connectivity index (χ3n) is 4.95. The van der Waals surface area contributed by atoms with Crippen LogP contribution >= 0.6 is 7.92 Å². The van der Waals surface area contributed by atoms with Gasteiger partial charge in [-0.15, -0.1) is 13.2 Å². The number of hydrogen-bond donors (Lipinski definition) is 2. The van der Waals surface area contributed by atoms with Crippen LogP contribution in [-0.4, -0.2) is 16.3 Å². The molecule has 0 aliphatic heterocycles. The van der Waals surface area contributed by atoms with Crippen molar-refractivity contribution in [1.29, 1.82) is 0 Å². The van der Waals surface area contributed by atoms with Gasteiger partial charge < -0.3 is 14.7 Å². The van der Waals surface area contributed by atoms with Gasteiger partial charge in [-0.2, -0.15) is 0 Å². The number of H-pyrrole nitrogens is 2. The number of aromatic amines is 2. The van der Waals surface area contributed by atoms with Crippen molar-refractivity contribution in [1.82, 2.24) is 9.97 Å². The fourth-order valence-corrected chi connectivity index (χ4v) is 6.21. The van der Waals surface area contributed by atoms with Crippen LogP contribution in [0.15, 0.2) is 85.2 Å². The molecule has 0 saturated heterocycles. The summed E-state index contributed by atoms with van der Waals surface area (Å²) in [5, 5.41) is 5.38. The molecule has 0 atom stereocenters. The van der Waals surface area contributed by atoms with E-state index in [-0.39, 0.29) is 5.75 Å². The lowest BCUT2D eigenvalue weighted by atomic mass is 10.2. The molecule has 30 heavy (non-hydrogen) atoms. The molecule has 0 spiro atoms. The van der Waals surface area contributed by atoms with E-state index in [2.05, 4.69) is 26.8 Å².